The van der Waals surface area contributed by atoms with Gasteiger partial charge in [0.1, 0.15) is 11.3 Å². The lowest BCUT2D eigenvalue weighted by Crippen LogP contribution is -2.10. The van der Waals surface area contributed by atoms with E-state index in [1.165, 1.54) is 11.3 Å². The molecule has 1 aromatic heterocycles. The van der Waals surface area contributed by atoms with Crippen molar-refractivity contribution in [1.29, 1.82) is 0 Å². The second-order valence-corrected chi connectivity index (χ2v) is 6.01. The highest BCUT2D eigenvalue weighted by Gasteiger charge is 2.17. The Morgan fingerprint density at radius 3 is 2.57 bits per heavy atom. The van der Waals surface area contributed by atoms with Crippen molar-refractivity contribution in [3.63, 3.8) is 0 Å². The first kappa shape index (κ1) is 15.5. The zero-order valence-electron chi connectivity index (χ0n) is 12.9. The van der Waals surface area contributed by atoms with Crippen LogP contribution in [0.25, 0.3) is 20.2 Å². The lowest BCUT2D eigenvalue weighted by atomic mass is 10.1. The maximum atomic E-state index is 12.7. The fourth-order valence-corrected chi connectivity index (χ4v) is 3.55. The molecular weight excluding hydrogens is 312 g/mol. The van der Waals surface area contributed by atoms with Crippen molar-refractivity contribution < 1.29 is 14.3 Å². The number of carbonyl (C=O) groups excluding carboxylic acids is 1. The Hall–Kier alpha value is -2.40. The number of hydrogen-bond acceptors (Lipinski definition) is 5. The third-order valence-electron chi connectivity index (χ3n) is 3.47. The van der Waals surface area contributed by atoms with Crippen LogP contribution in [0.5, 0.6) is 5.75 Å². The van der Waals surface area contributed by atoms with Crippen molar-refractivity contribution in [2.75, 3.05) is 13.2 Å². The van der Waals surface area contributed by atoms with Gasteiger partial charge in [-0.15, -0.1) is 11.3 Å². The minimum absolute atomic E-state index is 0.0806. The number of benzene rings is 2. The van der Waals surface area contributed by atoms with Crippen molar-refractivity contribution in [2.24, 2.45) is 0 Å². The molecule has 0 atom stereocenters. The molecule has 0 amide bonds. The maximum Gasteiger partial charge on any atom is 0.341 e. The summed E-state index contributed by atoms with van der Waals surface area (Å²) in [5.74, 6) is -0.0280. The molecule has 3 aromatic rings. The van der Waals surface area contributed by atoms with Gasteiger partial charge < -0.3 is 9.47 Å². The maximum absolute atomic E-state index is 12.7. The molecule has 0 unspecified atom stereocenters. The van der Waals surface area contributed by atoms with Gasteiger partial charge in [0.15, 0.2) is 5.43 Å². The molecule has 0 spiro atoms. The Bertz CT molecular complexity index is 943. The Kier molecular flexibility index (Phi) is 4.30. The van der Waals surface area contributed by atoms with Gasteiger partial charge in [0.05, 0.1) is 13.2 Å². The van der Waals surface area contributed by atoms with Crippen molar-refractivity contribution >= 4 is 37.5 Å². The predicted molar refractivity (Wildman–Crippen MR) is 92.7 cm³/mol. The second kappa shape index (κ2) is 6.38. The lowest BCUT2D eigenvalue weighted by Gasteiger charge is -2.11. The molecule has 118 valence electrons. The van der Waals surface area contributed by atoms with Crippen LogP contribution < -0.4 is 10.2 Å². The van der Waals surface area contributed by atoms with Crippen molar-refractivity contribution in [3.05, 3.63) is 52.2 Å². The van der Waals surface area contributed by atoms with Crippen LogP contribution in [0.2, 0.25) is 0 Å². The lowest BCUT2D eigenvalue weighted by molar-refractivity contribution is 0.0522. The van der Waals surface area contributed by atoms with Crippen LogP contribution in [0.3, 0.4) is 0 Å². The highest BCUT2D eigenvalue weighted by Crippen LogP contribution is 2.31. The SMILES string of the molecule is CCOC(=O)c1cc2c(=O)c3ccccc3sc2cc1OCC. The van der Waals surface area contributed by atoms with Crippen LogP contribution in [0.1, 0.15) is 24.2 Å². The molecule has 0 fully saturated rings. The minimum Gasteiger partial charge on any atom is -0.493 e. The summed E-state index contributed by atoms with van der Waals surface area (Å²) >= 11 is 1.51. The summed E-state index contributed by atoms with van der Waals surface area (Å²) in [5, 5.41) is 1.17. The van der Waals surface area contributed by atoms with Crippen LogP contribution in [0.4, 0.5) is 0 Å². The van der Waals surface area contributed by atoms with Gasteiger partial charge in [0.25, 0.3) is 0 Å². The van der Waals surface area contributed by atoms with E-state index in [1.54, 1.807) is 25.1 Å². The molecule has 0 aliphatic heterocycles. The molecule has 0 bridgehead atoms. The Labute approximate surface area is 137 Å². The van der Waals surface area contributed by atoms with E-state index in [-0.39, 0.29) is 12.0 Å². The quantitative estimate of drug-likeness (QED) is 0.537. The van der Waals surface area contributed by atoms with Gasteiger partial charge >= 0.3 is 5.97 Å². The first-order valence-electron chi connectivity index (χ1n) is 7.45. The largest absolute Gasteiger partial charge is 0.493 e. The summed E-state index contributed by atoms with van der Waals surface area (Å²) in [6, 6.07) is 10.8. The third kappa shape index (κ3) is 2.80. The van der Waals surface area contributed by atoms with Gasteiger partial charge in [0, 0.05) is 20.2 Å². The summed E-state index contributed by atoms with van der Waals surface area (Å²) in [4.78, 5) is 24.9. The normalized spacial score (nSPS) is 10.9. The van der Waals surface area contributed by atoms with Crippen LogP contribution in [0, 0.1) is 0 Å². The average molecular weight is 328 g/mol. The van der Waals surface area contributed by atoms with E-state index in [9.17, 15) is 9.59 Å². The second-order valence-electron chi connectivity index (χ2n) is 4.93. The molecule has 2 aromatic carbocycles. The molecule has 0 aliphatic rings. The van der Waals surface area contributed by atoms with Crippen LogP contribution in [-0.4, -0.2) is 19.2 Å². The highest BCUT2D eigenvalue weighted by molar-refractivity contribution is 7.24. The van der Waals surface area contributed by atoms with Crippen molar-refractivity contribution in [3.8, 4) is 5.75 Å². The van der Waals surface area contributed by atoms with E-state index in [1.807, 2.05) is 25.1 Å². The summed E-state index contributed by atoms with van der Waals surface area (Å²) in [6.45, 7) is 4.29. The minimum atomic E-state index is -0.476. The molecule has 0 aliphatic carbocycles. The van der Waals surface area contributed by atoms with Crippen LogP contribution >= 0.6 is 11.3 Å². The molecule has 0 saturated carbocycles. The summed E-state index contributed by atoms with van der Waals surface area (Å²) in [5.41, 5.74) is 0.212. The fourth-order valence-electron chi connectivity index (χ4n) is 2.47. The molecule has 3 rings (SSSR count). The van der Waals surface area contributed by atoms with Crippen molar-refractivity contribution in [1.82, 2.24) is 0 Å². The number of rotatable bonds is 4. The smallest absolute Gasteiger partial charge is 0.341 e. The van der Waals surface area contributed by atoms with E-state index < -0.39 is 5.97 Å². The molecule has 23 heavy (non-hydrogen) atoms. The Balaban J connectivity index is 2.33. The monoisotopic (exact) mass is 328 g/mol. The molecule has 5 heteroatoms. The first-order valence-corrected chi connectivity index (χ1v) is 8.26. The zero-order valence-corrected chi connectivity index (χ0v) is 13.7. The zero-order chi connectivity index (χ0) is 16.4. The fraction of sp³-hybridized carbons (Fsp3) is 0.222. The molecule has 4 nitrogen and oxygen atoms in total. The van der Waals surface area contributed by atoms with Gasteiger partial charge in [-0.25, -0.2) is 4.79 Å². The van der Waals surface area contributed by atoms with E-state index in [4.69, 9.17) is 9.47 Å². The van der Waals surface area contributed by atoms with E-state index in [2.05, 4.69) is 0 Å². The molecule has 1 heterocycles. The van der Waals surface area contributed by atoms with Gasteiger partial charge in [-0.1, -0.05) is 12.1 Å². The number of ether oxygens (including phenoxy) is 2. The molecular formula is C18H16O4S. The Morgan fingerprint density at radius 1 is 1.04 bits per heavy atom. The Morgan fingerprint density at radius 2 is 1.83 bits per heavy atom. The van der Waals surface area contributed by atoms with Crippen molar-refractivity contribution in [2.45, 2.75) is 13.8 Å². The average Bonchev–Trinajstić information content (AvgIpc) is 2.55. The summed E-state index contributed by atoms with van der Waals surface area (Å²) < 4.78 is 12.4. The number of carbonyl (C=O) groups is 1. The summed E-state index contributed by atoms with van der Waals surface area (Å²) in [7, 11) is 0. The number of esters is 1. The van der Waals surface area contributed by atoms with Gasteiger partial charge in [-0.05, 0) is 38.1 Å². The van der Waals surface area contributed by atoms with Gasteiger partial charge in [0.2, 0.25) is 0 Å². The number of fused-ring (bicyclic) bond motifs is 2. The topological polar surface area (TPSA) is 52.6 Å². The molecule has 0 radical (unpaired) electrons. The molecule has 0 N–H and O–H groups in total. The highest BCUT2D eigenvalue weighted by atomic mass is 32.1. The molecule has 0 saturated heterocycles. The van der Waals surface area contributed by atoms with Crippen LogP contribution in [0.15, 0.2) is 41.2 Å². The van der Waals surface area contributed by atoms with E-state index in [0.717, 1.165) is 9.40 Å². The van der Waals surface area contributed by atoms with E-state index >= 15 is 0 Å². The summed E-state index contributed by atoms with van der Waals surface area (Å²) in [6.07, 6.45) is 0. The van der Waals surface area contributed by atoms with Gasteiger partial charge in [-0.3, -0.25) is 4.79 Å². The first-order chi connectivity index (χ1) is 11.2. The number of hydrogen-bond donors (Lipinski definition) is 0. The van der Waals surface area contributed by atoms with Gasteiger partial charge in [-0.2, -0.15) is 0 Å². The predicted octanol–water partition coefficient (Wildman–Crippen LogP) is 3.99. The van der Waals surface area contributed by atoms with E-state index in [0.29, 0.717) is 28.7 Å². The standard InChI is InChI=1S/C18H16O4S/c1-3-21-14-10-16-13(9-12(14)18(20)22-4-2)17(19)11-7-5-6-8-15(11)23-16/h5-10H,3-4H2,1-2H3. The third-order valence-corrected chi connectivity index (χ3v) is 4.61. The van der Waals surface area contributed by atoms with Crippen LogP contribution in [-0.2, 0) is 4.74 Å².